The Hall–Kier alpha value is -4.11. The fourth-order valence-corrected chi connectivity index (χ4v) is 4.09. The van der Waals surface area contributed by atoms with E-state index in [1.54, 1.807) is 29.3 Å². The molecule has 3 N–H and O–H groups in total. The number of benzene rings is 2. The zero-order valence-electron chi connectivity index (χ0n) is 17.5. The van der Waals surface area contributed by atoms with Crippen LogP contribution in [-0.2, 0) is 13.1 Å². The number of nitrogens with two attached hydrogens (primary N) is 1. The number of hydrogen-bond donors (Lipinski definition) is 2. The van der Waals surface area contributed by atoms with Crippen LogP contribution in [0.3, 0.4) is 0 Å². The lowest BCUT2D eigenvalue weighted by atomic mass is 10.0. The third kappa shape index (κ3) is 4.06. The molecule has 0 saturated carbocycles. The van der Waals surface area contributed by atoms with E-state index in [2.05, 4.69) is 15.4 Å². The Bertz CT molecular complexity index is 1330. The Morgan fingerprint density at radius 1 is 1.09 bits per heavy atom. The molecule has 2 aromatic carbocycles. The second kappa shape index (κ2) is 8.44. The van der Waals surface area contributed by atoms with Crippen LogP contribution in [0.5, 0.6) is 0 Å². The van der Waals surface area contributed by atoms with Gasteiger partial charge < -0.3 is 20.5 Å². The number of primary amides is 1. The van der Waals surface area contributed by atoms with Crippen LogP contribution >= 0.6 is 11.6 Å². The number of halogens is 1. The zero-order chi connectivity index (χ0) is 22.9. The predicted octanol–water partition coefficient (Wildman–Crippen LogP) is 3.54. The van der Waals surface area contributed by atoms with Crippen molar-refractivity contribution in [2.45, 2.75) is 13.1 Å². The number of nitrogens with zero attached hydrogens (tertiary/aromatic N) is 5. The van der Waals surface area contributed by atoms with Crippen LogP contribution in [-0.4, -0.2) is 42.7 Å². The van der Waals surface area contributed by atoms with Crippen molar-refractivity contribution in [1.82, 2.24) is 24.2 Å². The summed E-state index contributed by atoms with van der Waals surface area (Å²) in [4.78, 5) is 30.8. The highest BCUT2D eigenvalue weighted by Crippen LogP contribution is 2.30. The van der Waals surface area contributed by atoms with E-state index in [4.69, 9.17) is 17.3 Å². The normalized spacial score (nSPS) is 12.9. The second-order valence-corrected chi connectivity index (χ2v) is 8.07. The van der Waals surface area contributed by atoms with E-state index in [0.29, 0.717) is 40.8 Å². The molecule has 0 aliphatic carbocycles. The van der Waals surface area contributed by atoms with Gasteiger partial charge in [-0.3, -0.25) is 9.48 Å². The maximum atomic E-state index is 13.5. The number of carbonyl (C=O) groups is 2. The standard InChI is InChI=1S/C23H20ClN7O2/c24-16-3-1-2-15(12-16)21-20(19-13-29(23(25)33)10-11-31(19)28-21)22(32)27-17-4-6-18(7-5-17)30-9-8-26-14-30/h1-9,12,14H,10-11,13H2,(H2,25,33)(H,27,32). The van der Waals surface area contributed by atoms with Crippen LogP contribution in [0.25, 0.3) is 16.9 Å². The highest BCUT2D eigenvalue weighted by molar-refractivity contribution is 6.30. The van der Waals surface area contributed by atoms with Crippen LogP contribution in [0.15, 0.2) is 67.3 Å². The minimum absolute atomic E-state index is 0.200. The van der Waals surface area contributed by atoms with E-state index >= 15 is 0 Å². The number of anilines is 1. The smallest absolute Gasteiger partial charge is 0.315 e. The van der Waals surface area contributed by atoms with Crippen LogP contribution in [0.2, 0.25) is 5.02 Å². The Balaban J connectivity index is 1.51. The molecule has 0 atom stereocenters. The number of amides is 3. The molecule has 5 rings (SSSR count). The maximum absolute atomic E-state index is 13.5. The SMILES string of the molecule is NC(=O)N1CCn2nc(-c3cccc(Cl)c3)c(C(=O)Nc3ccc(-n4ccnc4)cc3)c2C1. The van der Waals surface area contributed by atoms with Gasteiger partial charge >= 0.3 is 6.03 Å². The molecule has 4 aromatic rings. The molecule has 33 heavy (non-hydrogen) atoms. The first-order chi connectivity index (χ1) is 16.0. The molecule has 3 heterocycles. The van der Waals surface area contributed by atoms with Gasteiger partial charge in [-0.15, -0.1) is 0 Å². The van der Waals surface area contributed by atoms with E-state index < -0.39 is 6.03 Å². The molecule has 0 bridgehead atoms. The fourth-order valence-electron chi connectivity index (χ4n) is 3.90. The zero-order valence-corrected chi connectivity index (χ0v) is 18.2. The average molecular weight is 462 g/mol. The molecule has 2 aromatic heterocycles. The van der Waals surface area contributed by atoms with Gasteiger partial charge in [0.25, 0.3) is 5.91 Å². The molecule has 166 valence electrons. The Labute approximate surface area is 194 Å². The molecule has 0 saturated heterocycles. The Morgan fingerprint density at radius 2 is 1.91 bits per heavy atom. The summed E-state index contributed by atoms with van der Waals surface area (Å²) in [7, 11) is 0. The number of hydrogen-bond acceptors (Lipinski definition) is 4. The van der Waals surface area contributed by atoms with Crippen molar-refractivity contribution in [3.05, 3.63) is 83.5 Å². The summed E-state index contributed by atoms with van der Waals surface area (Å²) < 4.78 is 3.63. The van der Waals surface area contributed by atoms with Crippen molar-refractivity contribution in [2.75, 3.05) is 11.9 Å². The molecule has 1 aliphatic heterocycles. The highest BCUT2D eigenvalue weighted by atomic mass is 35.5. The third-order valence-corrected chi connectivity index (χ3v) is 5.78. The van der Waals surface area contributed by atoms with Crippen molar-refractivity contribution < 1.29 is 9.59 Å². The minimum atomic E-state index is -0.534. The first-order valence-corrected chi connectivity index (χ1v) is 10.7. The quantitative estimate of drug-likeness (QED) is 0.484. The molecule has 1 aliphatic rings. The number of imidazole rings is 1. The molecular formula is C23H20ClN7O2. The molecule has 0 unspecified atom stereocenters. The molecule has 3 amide bonds. The van der Waals surface area contributed by atoms with Gasteiger partial charge in [-0.2, -0.15) is 5.10 Å². The summed E-state index contributed by atoms with van der Waals surface area (Å²) >= 11 is 6.19. The number of carbonyl (C=O) groups excluding carboxylic acids is 2. The van der Waals surface area contributed by atoms with Gasteiger partial charge in [-0.25, -0.2) is 9.78 Å². The predicted molar refractivity (Wildman–Crippen MR) is 124 cm³/mol. The summed E-state index contributed by atoms with van der Waals surface area (Å²) in [5.74, 6) is -0.326. The number of nitrogens with one attached hydrogen (secondary N) is 1. The number of rotatable bonds is 4. The second-order valence-electron chi connectivity index (χ2n) is 7.63. The van der Waals surface area contributed by atoms with E-state index in [0.717, 1.165) is 11.3 Å². The van der Waals surface area contributed by atoms with Gasteiger partial charge in [0.2, 0.25) is 0 Å². The first kappa shape index (κ1) is 20.8. The summed E-state index contributed by atoms with van der Waals surface area (Å²) in [6, 6.07) is 14.1. The summed E-state index contributed by atoms with van der Waals surface area (Å²) in [6.07, 6.45) is 5.24. The highest BCUT2D eigenvalue weighted by Gasteiger charge is 2.30. The summed E-state index contributed by atoms with van der Waals surface area (Å²) in [6.45, 7) is 1.07. The molecule has 0 spiro atoms. The van der Waals surface area contributed by atoms with Crippen LogP contribution in [0.4, 0.5) is 10.5 Å². The van der Waals surface area contributed by atoms with Gasteiger partial charge in [-0.1, -0.05) is 23.7 Å². The van der Waals surface area contributed by atoms with Gasteiger partial charge in [0.15, 0.2) is 0 Å². The molecule has 9 nitrogen and oxygen atoms in total. The van der Waals surface area contributed by atoms with Crippen LogP contribution < -0.4 is 11.1 Å². The topological polar surface area (TPSA) is 111 Å². The maximum Gasteiger partial charge on any atom is 0.315 e. The number of urea groups is 1. The lowest BCUT2D eigenvalue weighted by molar-refractivity contribution is 0.102. The van der Waals surface area contributed by atoms with Gasteiger partial charge in [0.05, 0.1) is 30.7 Å². The number of aromatic nitrogens is 4. The van der Waals surface area contributed by atoms with Crippen molar-refractivity contribution >= 4 is 29.2 Å². The Morgan fingerprint density at radius 3 is 2.61 bits per heavy atom. The van der Waals surface area contributed by atoms with E-state index in [-0.39, 0.29) is 12.5 Å². The largest absolute Gasteiger partial charge is 0.351 e. The van der Waals surface area contributed by atoms with Crippen molar-refractivity contribution in [2.24, 2.45) is 5.73 Å². The minimum Gasteiger partial charge on any atom is -0.351 e. The molecule has 0 fully saturated rings. The average Bonchev–Trinajstić information content (AvgIpc) is 3.47. The lowest BCUT2D eigenvalue weighted by Crippen LogP contribution is -2.42. The van der Waals surface area contributed by atoms with Gasteiger partial charge in [0.1, 0.15) is 5.69 Å². The van der Waals surface area contributed by atoms with E-state index in [9.17, 15) is 9.59 Å². The summed E-state index contributed by atoms with van der Waals surface area (Å²) in [5, 5.41) is 8.17. The fraction of sp³-hybridized carbons (Fsp3) is 0.130. The van der Waals surface area contributed by atoms with Gasteiger partial charge in [-0.05, 0) is 36.4 Å². The van der Waals surface area contributed by atoms with Crippen molar-refractivity contribution in [1.29, 1.82) is 0 Å². The van der Waals surface area contributed by atoms with Crippen LogP contribution in [0.1, 0.15) is 16.1 Å². The molecular weight excluding hydrogens is 442 g/mol. The van der Waals surface area contributed by atoms with Crippen LogP contribution in [0, 0.1) is 0 Å². The Kier molecular flexibility index (Phi) is 5.31. The number of fused-ring (bicyclic) bond motifs is 1. The monoisotopic (exact) mass is 461 g/mol. The van der Waals surface area contributed by atoms with Gasteiger partial charge in [0, 0.05) is 40.9 Å². The van der Waals surface area contributed by atoms with E-state index in [1.165, 1.54) is 4.90 Å². The van der Waals surface area contributed by atoms with Crippen molar-refractivity contribution in [3.63, 3.8) is 0 Å². The summed E-state index contributed by atoms with van der Waals surface area (Å²) in [5.41, 5.74) is 9.29. The molecule has 10 heteroatoms. The first-order valence-electron chi connectivity index (χ1n) is 10.3. The lowest BCUT2D eigenvalue weighted by Gasteiger charge is -2.26. The molecule has 0 radical (unpaired) electrons. The third-order valence-electron chi connectivity index (χ3n) is 5.54. The van der Waals surface area contributed by atoms with Crippen molar-refractivity contribution in [3.8, 4) is 16.9 Å². The van der Waals surface area contributed by atoms with E-state index in [1.807, 2.05) is 47.2 Å².